The van der Waals surface area contributed by atoms with Gasteiger partial charge in [-0.1, -0.05) is 0 Å². The highest BCUT2D eigenvalue weighted by molar-refractivity contribution is 5.95. The molecule has 1 aliphatic heterocycles. The van der Waals surface area contributed by atoms with Crippen LogP contribution >= 0.6 is 0 Å². The number of anilines is 1. The Hall–Kier alpha value is -1.62. The van der Waals surface area contributed by atoms with Crippen LogP contribution in [0.2, 0.25) is 0 Å². The Balaban J connectivity index is 2.07. The summed E-state index contributed by atoms with van der Waals surface area (Å²) in [6, 6.07) is 4.23. The third kappa shape index (κ3) is 3.28. The lowest BCUT2D eigenvalue weighted by Crippen LogP contribution is -2.50. The molecule has 0 aromatic carbocycles. The molecule has 5 heteroatoms. The molecule has 20 heavy (non-hydrogen) atoms. The second kappa shape index (κ2) is 6.22. The van der Waals surface area contributed by atoms with E-state index in [1.165, 1.54) is 0 Å². The Bertz CT molecular complexity index is 479. The predicted octanol–water partition coefficient (Wildman–Crippen LogP) is 1.60. The monoisotopic (exact) mass is 276 g/mol. The standard InChI is InChI=1S/C15H24N4O/c1-11(2)18-5-7-19(8-6-18)15(20)13-9-12(3)17-14(10-13)16-4/h9-11H,5-8H2,1-4H3,(H,16,17). The van der Waals surface area contributed by atoms with Crippen LogP contribution in [0, 0.1) is 6.92 Å². The van der Waals surface area contributed by atoms with Crippen LogP contribution in [0.1, 0.15) is 29.9 Å². The van der Waals surface area contributed by atoms with Crippen LogP contribution in [0.3, 0.4) is 0 Å². The number of carbonyl (C=O) groups excluding carboxylic acids is 1. The van der Waals surface area contributed by atoms with E-state index in [-0.39, 0.29) is 5.91 Å². The Morgan fingerprint density at radius 3 is 2.45 bits per heavy atom. The first-order chi connectivity index (χ1) is 9.51. The highest BCUT2D eigenvalue weighted by Gasteiger charge is 2.23. The fourth-order valence-electron chi connectivity index (χ4n) is 2.54. The molecular formula is C15H24N4O. The van der Waals surface area contributed by atoms with E-state index in [2.05, 4.69) is 29.0 Å². The normalized spacial score (nSPS) is 16.6. The zero-order valence-corrected chi connectivity index (χ0v) is 12.8. The summed E-state index contributed by atoms with van der Waals surface area (Å²) in [5.74, 6) is 0.851. The molecule has 0 saturated carbocycles. The van der Waals surface area contributed by atoms with Crippen molar-refractivity contribution < 1.29 is 4.79 Å². The molecule has 110 valence electrons. The van der Waals surface area contributed by atoms with Gasteiger partial charge in [0.2, 0.25) is 0 Å². The van der Waals surface area contributed by atoms with Crippen molar-refractivity contribution in [3.63, 3.8) is 0 Å². The molecule has 0 atom stereocenters. The quantitative estimate of drug-likeness (QED) is 0.911. The molecule has 0 bridgehead atoms. The number of carbonyl (C=O) groups is 1. The van der Waals surface area contributed by atoms with E-state index >= 15 is 0 Å². The second-order valence-electron chi connectivity index (χ2n) is 5.55. The maximum absolute atomic E-state index is 12.5. The number of rotatable bonds is 3. The molecule has 2 rings (SSSR count). The number of aromatic nitrogens is 1. The Morgan fingerprint density at radius 2 is 1.90 bits per heavy atom. The van der Waals surface area contributed by atoms with Crippen LogP contribution in [0.4, 0.5) is 5.82 Å². The maximum Gasteiger partial charge on any atom is 0.254 e. The molecule has 1 N–H and O–H groups in total. The predicted molar refractivity (Wildman–Crippen MR) is 81.1 cm³/mol. The van der Waals surface area contributed by atoms with Gasteiger partial charge >= 0.3 is 0 Å². The van der Waals surface area contributed by atoms with E-state index in [9.17, 15) is 4.79 Å². The van der Waals surface area contributed by atoms with Crippen molar-refractivity contribution in [1.29, 1.82) is 0 Å². The van der Waals surface area contributed by atoms with Gasteiger partial charge in [0.15, 0.2) is 0 Å². The average molecular weight is 276 g/mol. The highest BCUT2D eigenvalue weighted by Crippen LogP contribution is 2.14. The van der Waals surface area contributed by atoms with Crippen molar-refractivity contribution in [1.82, 2.24) is 14.8 Å². The van der Waals surface area contributed by atoms with E-state index < -0.39 is 0 Å². The van der Waals surface area contributed by atoms with Crippen molar-refractivity contribution in [2.24, 2.45) is 0 Å². The topological polar surface area (TPSA) is 48.5 Å². The fourth-order valence-corrected chi connectivity index (χ4v) is 2.54. The van der Waals surface area contributed by atoms with Gasteiger partial charge in [-0.25, -0.2) is 4.98 Å². The number of pyridine rings is 1. The smallest absolute Gasteiger partial charge is 0.254 e. The summed E-state index contributed by atoms with van der Waals surface area (Å²) in [6.45, 7) is 9.80. The zero-order valence-electron chi connectivity index (χ0n) is 12.8. The SMILES string of the molecule is CNc1cc(C(=O)N2CCN(C(C)C)CC2)cc(C)n1. The van der Waals surface area contributed by atoms with Crippen molar-refractivity contribution in [3.05, 3.63) is 23.4 Å². The fraction of sp³-hybridized carbons (Fsp3) is 0.600. The molecule has 1 fully saturated rings. The highest BCUT2D eigenvalue weighted by atomic mass is 16.2. The Labute approximate surface area is 121 Å². The van der Waals surface area contributed by atoms with Crippen LogP contribution < -0.4 is 5.32 Å². The lowest BCUT2D eigenvalue weighted by Gasteiger charge is -2.37. The summed E-state index contributed by atoms with van der Waals surface area (Å²) in [4.78, 5) is 21.2. The van der Waals surface area contributed by atoms with Crippen molar-refractivity contribution in [2.45, 2.75) is 26.8 Å². The van der Waals surface area contributed by atoms with Crippen LogP contribution in [0.5, 0.6) is 0 Å². The van der Waals surface area contributed by atoms with E-state index in [0.29, 0.717) is 6.04 Å². The van der Waals surface area contributed by atoms with Crippen molar-refractivity contribution in [2.75, 3.05) is 38.5 Å². The molecule has 0 spiro atoms. The van der Waals surface area contributed by atoms with Crippen LogP contribution in [0.15, 0.2) is 12.1 Å². The van der Waals surface area contributed by atoms with Gasteiger partial charge in [-0.2, -0.15) is 0 Å². The molecule has 0 aliphatic carbocycles. The van der Waals surface area contributed by atoms with Gasteiger partial charge in [0, 0.05) is 50.5 Å². The first-order valence-corrected chi connectivity index (χ1v) is 7.21. The van der Waals surface area contributed by atoms with E-state index in [4.69, 9.17) is 0 Å². The van der Waals surface area contributed by atoms with Gasteiger partial charge in [-0.15, -0.1) is 0 Å². The summed E-state index contributed by atoms with van der Waals surface area (Å²) in [5, 5.41) is 3.00. The number of aryl methyl sites for hydroxylation is 1. The Morgan fingerprint density at radius 1 is 1.25 bits per heavy atom. The molecule has 1 amide bonds. The van der Waals surface area contributed by atoms with Crippen LogP contribution in [-0.2, 0) is 0 Å². The molecular weight excluding hydrogens is 252 g/mol. The lowest BCUT2D eigenvalue weighted by atomic mass is 10.1. The van der Waals surface area contributed by atoms with Crippen LogP contribution in [-0.4, -0.2) is 60.0 Å². The third-order valence-corrected chi connectivity index (χ3v) is 3.79. The third-order valence-electron chi connectivity index (χ3n) is 3.79. The molecule has 2 heterocycles. The number of nitrogens with one attached hydrogen (secondary N) is 1. The van der Waals surface area contributed by atoms with Gasteiger partial charge in [0.05, 0.1) is 0 Å². The molecule has 1 saturated heterocycles. The van der Waals surface area contributed by atoms with Crippen molar-refractivity contribution >= 4 is 11.7 Å². The Kier molecular flexibility index (Phi) is 4.60. The molecule has 1 aromatic rings. The first-order valence-electron chi connectivity index (χ1n) is 7.21. The summed E-state index contributed by atoms with van der Waals surface area (Å²) >= 11 is 0. The van der Waals surface area contributed by atoms with E-state index in [1.54, 1.807) is 0 Å². The largest absolute Gasteiger partial charge is 0.373 e. The molecule has 1 aromatic heterocycles. The molecule has 5 nitrogen and oxygen atoms in total. The van der Waals surface area contributed by atoms with E-state index in [1.807, 2.05) is 31.0 Å². The van der Waals surface area contributed by atoms with Gasteiger partial charge in [-0.05, 0) is 32.9 Å². The van der Waals surface area contributed by atoms with Gasteiger partial charge < -0.3 is 10.2 Å². The molecule has 1 aliphatic rings. The van der Waals surface area contributed by atoms with Gasteiger partial charge in [0.1, 0.15) is 5.82 Å². The maximum atomic E-state index is 12.5. The molecule has 0 radical (unpaired) electrons. The number of hydrogen-bond acceptors (Lipinski definition) is 4. The van der Waals surface area contributed by atoms with Crippen LogP contribution in [0.25, 0.3) is 0 Å². The number of hydrogen-bond donors (Lipinski definition) is 1. The summed E-state index contributed by atoms with van der Waals surface area (Å²) in [5.41, 5.74) is 1.58. The minimum absolute atomic E-state index is 0.107. The molecule has 0 unspecified atom stereocenters. The van der Waals surface area contributed by atoms with Gasteiger partial charge in [0.25, 0.3) is 5.91 Å². The average Bonchev–Trinajstić information content (AvgIpc) is 2.45. The van der Waals surface area contributed by atoms with Crippen molar-refractivity contribution in [3.8, 4) is 0 Å². The minimum Gasteiger partial charge on any atom is -0.373 e. The summed E-state index contributed by atoms with van der Waals surface area (Å²) in [6.07, 6.45) is 0. The number of nitrogens with zero attached hydrogens (tertiary/aromatic N) is 3. The second-order valence-corrected chi connectivity index (χ2v) is 5.55. The summed E-state index contributed by atoms with van der Waals surface area (Å²) in [7, 11) is 1.82. The first kappa shape index (κ1) is 14.8. The zero-order chi connectivity index (χ0) is 14.7. The minimum atomic E-state index is 0.107. The number of amides is 1. The lowest BCUT2D eigenvalue weighted by molar-refractivity contribution is 0.0595. The number of piperazine rings is 1. The summed E-state index contributed by atoms with van der Waals surface area (Å²) < 4.78 is 0. The van der Waals surface area contributed by atoms with E-state index in [0.717, 1.165) is 43.3 Å². The van der Waals surface area contributed by atoms with Gasteiger partial charge in [-0.3, -0.25) is 9.69 Å².